The van der Waals surface area contributed by atoms with E-state index in [-0.39, 0.29) is 0 Å². The third-order valence-electron chi connectivity index (χ3n) is 4.63. The Bertz CT molecular complexity index is 1040. The highest BCUT2D eigenvalue weighted by molar-refractivity contribution is 7.98. The maximum absolute atomic E-state index is 4.87. The van der Waals surface area contributed by atoms with Gasteiger partial charge in [-0.3, -0.25) is 0 Å². The number of fused-ring (bicyclic) bond motifs is 1. The second-order valence-corrected chi connectivity index (χ2v) is 8.89. The van der Waals surface area contributed by atoms with Gasteiger partial charge in [-0.25, -0.2) is 15.0 Å². The third-order valence-corrected chi connectivity index (χ3v) is 6.74. The number of thioether (sulfide) groups is 1. The van der Waals surface area contributed by atoms with Crippen molar-refractivity contribution in [3.05, 3.63) is 65.3 Å². The molecule has 0 aliphatic carbocycles. The first-order valence-corrected chi connectivity index (χ1v) is 11.1. The Morgan fingerprint density at radius 2 is 2.00 bits per heavy atom. The van der Waals surface area contributed by atoms with Gasteiger partial charge in [0.1, 0.15) is 16.5 Å². The van der Waals surface area contributed by atoms with Gasteiger partial charge in [0.25, 0.3) is 0 Å². The van der Waals surface area contributed by atoms with Crippen molar-refractivity contribution in [1.29, 1.82) is 0 Å². The lowest BCUT2D eigenvalue weighted by molar-refractivity contribution is 0.660. The number of hydrogen-bond acceptors (Lipinski definition) is 6. The van der Waals surface area contributed by atoms with E-state index in [1.807, 2.05) is 24.8 Å². The Hall–Kier alpha value is -2.38. The van der Waals surface area contributed by atoms with Crippen LogP contribution in [-0.4, -0.2) is 26.1 Å². The zero-order chi connectivity index (χ0) is 19.3. The van der Waals surface area contributed by atoms with Crippen molar-refractivity contribution in [1.82, 2.24) is 19.5 Å². The van der Waals surface area contributed by atoms with Gasteiger partial charge in [-0.15, -0.1) is 23.1 Å². The smallest absolute Gasteiger partial charge is 0.142 e. The van der Waals surface area contributed by atoms with E-state index in [0.717, 1.165) is 41.7 Å². The van der Waals surface area contributed by atoms with Crippen LogP contribution in [0.5, 0.6) is 0 Å². The zero-order valence-corrected chi connectivity index (χ0v) is 17.7. The molecular formula is C21H23N5S2. The molecule has 3 heterocycles. The number of rotatable bonds is 8. The molecule has 0 aliphatic rings. The summed E-state index contributed by atoms with van der Waals surface area (Å²) < 4.78 is 2.10. The van der Waals surface area contributed by atoms with Crippen molar-refractivity contribution < 1.29 is 0 Å². The first-order chi connectivity index (χ1) is 13.7. The molecule has 3 aromatic heterocycles. The fraction of sp³-hybridized carbons (Fsp3) is 0.286. The molecule has 4 aromatic rings. The molecule has 7 heteroatoms. The topological polar surface area (TPSA) is 55.6 Å². The van der Waals surface area contributed by atoms with E-state index < -0.39 is 0 Å². The summed E-state index contributed by atoms with van der Waals surface area (Å²) in [5, 5.41) is 4.72. The molecule has 0 aliphatic heterocycles. The summed E-state index contributed by atoms with van der Waals surface area (Å²) in [5.74, 6) is 2.60. The molecule has 0 fully saturated rings. The summed E-state index contributed by atoms with van der Waals surface area (Å²) in [6, 6.07) is 10.4. The van der Waals surface area contributed by atoms with Crippen LogP contribution in [0.3, 0.4) is 0 Å². The first-order valence-electron chi connectivity index (χ1n) is 9.35. The highest BCUT2D eigenvalue weighted by Crippen LogP contribution is 2.34. The standard InChI is InChI=1S/C21H23N5S2/c1-15-16(2)28-21-19(15)20(23-9-6-11-26-12-10-22-14-26)24-18(25-21)13-27-17-7-4-3-5-8-17/h3-5,7-8,10,12,14H,6,9,11,13H2,1-2H3,(H,23,24,25). The average molecular weight is 410 g/mol. The lowest BCUT2D eigenvalue weighted by atomic mass is 10.2. The summed E-state index contributed by atoms with van der Waals surface area (Å²) in [6.45, 7) is 6.12. The van der Waals surface area contributed by atoms with Crippen molar-refractivity contribution in [3.63, 3.8) is 0 Å². The molecule has 28 heavy (non-hydrogen) atoms. The number of nitrogens with zero attached hydrogens (tertiary/aromatic N) is 4. The monoisotopic (exact) mass is 409 g/mol. The fourth-order valence-corrected chi connectivity index (χ4v) is 4.86. The molecular weight excluding hydrogens is 386 g/mol. The lowest BCUT2D eigenvalue weighted by Crippen LogP contribution is -2.09. The number of aromatic nitrogens is 4. The first kappa shape index (κ1) is 19.0. The average Bonchev–Trinajstić information content (AvgIpc) is 3.32. The highest BCUT2D eigenvalue weighted by atomic mass is 32.2. The normalized spacial score (nSPS) is 11.2. The van der Waals surface area contributed by atoms with Crippen LogP contribution in [-0.2, 0) is 12.3 Å². The van der Waals surface area contributed by atoms with Crippen LogP contribution >= 0.6 is 23.1 Å². The van der Waals surface area contributed by atoms with Crippen molar-refractivity contribution in [2.75, 3.05) is 11.9 Å². The Balaban J connectivity index is 1.50. The molecule has 1 aromatic carbocycles. The molecule has 0 saturated carbocycles. The second kappa shape index (κ2) is 8.75. The summed E-state index contributed by atoms with van der Waals surface area (Å²) in [5.41, 5.74) is 1.28. The predicted molar refractivity (Wildman–Crippen MR) is 118 cm³/mol. The molecule has 0 unspecified atom stereocenters. The number of anilines is 1. The number of imidazole rings is 1. The van der Waals surface area contributed by atoms with E-state index in [4.69, 9.17) is 9.97 Å². The molecule has 5 nitrogen and oxygen atoms in total. The summed E-state index contributed by atoms with van der Waals surface area (Å²) >= 11 is 3.52. The minimum atomic E-state index is 0.764. The maximum atomic E-state index is 4.87. The van der Waals surface area contributed by atoms with Gasteiger partial charge in [0.15, 0.2) is 0 Å². The second-order valence-electron chi connectivity index (χ2n) is 6.63. The number of nitrogens with one attached hydrogen (secondary N) is 1. The van der Waals surface area contributed by atoms with E-state index in [0.29, 0.717) is 0 Å². The fourth-order valence-electron chi connectivity index (χ4n) is 3.04. The summed E-state index contributed by atoms with van der Waals surface area (Å²) in [4.78, 5) is 17.4. The van der Waals surface area contributed by atoms with Crippen molar-refractivity contribution in [2.24, 2.45) is 0 Å². The van der Waals surface area contributed by atoms with E-state index in [1.54, 1.807) is 23.1 Å². The van der Waals surface area contributed by atoms with Crippen molar-refractivity contribution >= 4 is 39.1 Å². The van der Waals surface area contributed by atoms with E-state index in [1.165, 1.54) is 20.7 Å². The van der Waals surface area contributed by atoms with Gasteiger partial charge in [0.2, 0.25) is 0 Å². The van der Waals surface area contributed by atoms with Gasteiger partial charge in [-0.05, 0) is 38.0 Å². The number of aryl methyl sites for hydroxylation is 3. The molecule has 4 rings (SSSR count). The summed E-state index contributed by atoms with van der Waals surface area (Å²) in [7, 11) is 0. The zero-order valence-electron chi connectivity index (χ0n) is 16.1. The molecule has 0 radical (unpaired) electrons. The maximum Gasteiger partial charge on any atom is 0.142 e. The van der Waals surface area contributed by atoms with Crippen LogP contribution in [0.1, 0.15) is 22.7 Å². The van der Waals surface area contributed by atoms with Gasteiger partial charge in [-0.1, -0.05) is 18.2 Å². The molecule has 0 spiro atoms. The Labute approximate surface area is 173 Å². The minimum absolute atomic E-state index is 0.764. The third kappa shape index (κ3) is 4.36. The molecule has 144 valence electrons. The highest BCUT2D eigenvalue weighted by Gasteiger charge is 2.14. The van der Waals surface area contributed by atoms with Crippen molar-refractivity contribution in [3.8, 4) is 0 Å². The Morgan fingerprint density at radius 1 is 1.14 bits per heavy atom. The van der Waals surface area contributed by atoms with Crippen LogP contribution < -0.4 is 5.32 Å². The molecule has 0 amide bonds. The van der Waals surface area contributed by atoms with E-state index in [2.05, 4.69) is 53.0 Å². The van der Waals surface area contributed by atoms with Crippen LogP contribution in [0.4, 0.5) is 5.82 Å². The number of benzene rings is 1. The predicted octanol–water partition coefficient (Wildman–Crippen LogP) is 5.30. The minimum Gasteiger partial charge on any atom is -0.369 e. The van der Waals surface area contributed by atoms with Gasteiger partial charge >= 0.3 is 0 Å². The van der Waals surface area contributed by atoms with E-state index in [9.17, 15) is 0 Å². The summed E-state index contributed by atoms with van der Waals surface area (Å²) in [6.07, 6.45) is 6.68. The van der Waals surface area contributed by atoms with Crippen LogP contribution in [0.2, 0.25) is 0 Å². The van der Waals surface area contributed by atoms with Gasteiger partial charge in [0, 0.05) is 35.3 Å². The van der Waals surface area contributed by atoms with Gasteiger partial charge in [-0.2, -0.15) is 0 Å². The quantitative estimate of drug-likeness (QED) is 0.316. The van der Waals surface area contributed by atoms with Gasteiger partial charge in [0.05, 0.1) is 17.5 Å². The molecule has 1 N–H and O–H groups in total. The Kier molecular flexibility index (Phi) is 5.92. The van der Waals surface area contributed by atoms with E-state index >= 15 is 0 Å². The van der Waals surface area contributed by atoms with Crippen LogP contribution in [0.25, 0.3) is 10.2 Å². The van der Waals surface area contributed by atoms with Crippen LogP contribution in [0.15, 0.2) is 53.9 Å². The molecule has 0 atom stereocenters. The molecule has 0 bridgehead atoms. The molecule has 0 saturated heterocycles. The van der Waals surface area contributed by atoms with Crippen LogP contribution in [0, 0.1) is 13.8 Å². The number of hydrogen-bond donors (Lipinski definition) is 1. The van der Waals surface area contributed by atoms with Gasteiger partial charge < -0.3 is 9.88 Å². The van der Waals surface area contributed by atoms with Crippen molar-refractivity contribution in [2.45, 2.75) is 37.5 Å². The number of thiophene rings is 1. The largest absolute Gasteiger partial charge is 0.369 e. The Morgan fingerprint density at radius 3 is 2.79 bits per heavy atom. The lowest BCUT2D eigenvalue weighted by Gasteiger charge is -2.10. The SMILES string of the molecule is Cc1sc2nc(CSc3ccccc3)nc(NCCCn3ccnc3)c2c1C.